The van der Waals surface area contributed by atoms with Crippen molar-refractivity contribution in [1.29, 1.82) is 0 Å². The fourth-order valence-electron chi connectivity index (χ4n) is 3.21. The van der Waals surface area contributed by atoms with Gasteiger partial charge in [0.25, 0.3) is 11.8 Å². The molecule has 3 rings (SSSR count). The number of amides is 2. The summed E-state index contributed by atoms with van der Waals surface area (Å²) in [5.41, 5.74) is 2.00. The van der Waals surface area contributed by atoms with Gasteiger partial charge in [-0.15, -0.1) is 0 Å². The second-order valence-corrected chi connectivity index (χ2v) is 6.50. The summed E-state index contributed by atoms with van der Waals surface area (Å²) < 4.78 is 0. The summed E-state index contributed by atoms with van der Waals surface area (Å²) in [6, 6.07) is 16.8. The molecule has 5 heteroatoms. The third-order valence-electron chi connectivity index (χ3n) is 4.71. The number of imide groups is 1. The molecule has 0 saturated carbocycles. The minimum Gasteiger partial charge on any atom is -0.391 e. The van der Waals surface area contributed by atoms with E-state index in [1.807, 2.05) is 37.3 Å². The molecule has 0 aromatic heterocycles. The Bertz CT molecular complexity index is 741. The zero-order chi connectivity index (χ0) is 18.5. The van der Waals surface area contributed by atoms with Crippen LogP contribution in [0, 0.1) is 0 Å². The third-order valence-corrected chi connectivity index (χ3v) is 4.71. The Morgan fingerprint density at radius 2 is 1.54 bits per heavy atom. The first-order valence-electron chi connectivity index (χ1n) is 9.05. The molecule has 26 heavy (non-hydrogen) atoms. The number of carbonyl (C=O) groups is 2. The highest BCUT2D eigenvalue weighted by molar-refractivity contribution is 6.21. The molecule has 1 aliphatic heterocycles. The highest BCUT2D eigenvalue weighted by atomic mass is 16.3. The van der Waals surface area contributed by atoms with Crippen LogP contribution < -0.4 is 4.90 Å². The van der Waals surface area contributed by atoms with Crippen molar-refractivity contribution in [2.45, 2.75) is 25.9 Å². The number of nitrogens with zero attached hydrogens (tertiary/aromatic N) is 2. The van der Waals surface area contributed by atoms with Crippen LogP contribution in [0.3, 0.4) is 0 Å². The van der Waals surface area contributed by atoms with E-state index in [4.69, 9.17) is 0 Å². The average Bonchev–Trinajstić information content (AvgIpc) is 2.92. The Kier molecular flexibility index (Phi) is 5.68. The van der Waals surface area contributed by atoms with Crippen LogP contribution in [0.1, 0.15) is 40.5 Å². The van der Waals surface area contributed by atoms with Crippen LogP contribution in [-0.4, -0.2) is 47.6 Å². The Morgan fingerprint density at radius 1 is 0.962 bits per heavy atom. The smallest absolute Gasteiger partial charge is 0.261 e. The number of hydrogen-bond acceptors (Lipinski definition) is 4. The minimum atomic E-state index is -0.408. The number of hydrogen-bond donors (Lipinski definition) is 1. The summed E-state index contributed by atoms with van der Waals surface area (Å²) in [7, 11) is 0. The van der Waals surface area contributed by atoms with Crippen molar-refractivity contribution in [1.82, 2.24) is 4.90 Å². The Labute approximate surface area is 153 Å². The fraction of sp³-hybridized carbons (Fsp3) is 0.333. The normalized spacial score (nSPS) is 14.5. The molecule has 136 valence electrons. The number of aliphatic hydroxyl groups is 1. The number of fused-ring (bicyclic) bond motifs is 1. The van der Waals surface area contributed by atoms with E-state index < -0.39 is 6.10 Å². The van der Waals surface area contributed by atoms with Gasteiger partial charge in [0.05, 0.1) is 17.2 Å². The van der Waals surface area contributed by atoms with Crippen molar-refractivity contribution >= 4 is 17.5 Å². The molecule has 0 aliphatic carbocycles. The molecule has 0 saturated heterocycles. The Morgan fingerprint density at radius 3 is 2.12 bits per heavy atom. The first kappa shape index (κ1) is 18.1. The van der Waals surface area contributed by atoms with Crippen molar-refractivity contribution in [3.8, 4) is 0 Å². The Hall–Kier alpha value is -2.66. The molecule has 5 nitrogen and oxygen atoms in total. The van der Waals surface area contributed by atoms with Crippen LogP contribution in [0.25, 0.3) is 0 Å². The molecule has 0 radical (unpaired) electrons. The minimum absolute atomic E-state index is 0.217. The predicted octanol–water partition coefficient (Wildman–Crippen LogP) is 2.95. The zero-order valence-corrected chi connectivity index (χ0v) is 15.0. The molecule has 2 aromatic rings. The summed E-state index contributed by atoms with van der Waals surface area (Å²) in [5, 5.41) is 10.0. The van der Waals surface area contributed by atoms with E-state index in [0.29, 0.717) is 43.6 Å². The van der Waals surface area contributed by atoms with Gasteiger partial charge >= 0.3 is 0 Å². The molecule has 1 heterocycles. The lowest BCUT2D eigenvalue weighted by molar-refractivity contribution is 0.0652. The predicted molar refractivity (Wildman–Crippen MR) is 101 cm³/mol. The zero-order valence-electron chi connectivity index (χ0n) is 15.0. The second-order valence-electron chi connectivity index (χ2n) is 6.50. The molecule has 2 aromatic carbocycles. The maximum absolute atomic E-state index is 12.4. The van der Waals surface area contributed by atoms with Gasteiger partial charge in [0.1, 0.15) is 0 Å². The van der Waals surface area contributed by atoms with Gasteiger partial charge in [-0.1, -0.05) is 37.3 Å². The summed E-state index contributed by atoms with van der Waals surface area (Å²) in [6.07, 6.45) is 0.924. The summed E-state index contributed by atoms with van der Waals surface area (Å²) in [4.78, 5) is 28.3. The molecule has 1 atom stereocenters. The highest BCUT2D eigenvalue weighted by Gasteiger charge is 2.34. The van der Waals surface area contributed by atoms with Gasteiger partial charge in [0.15, 0.2) is 0 Å². The highest BCUT2D eigenvalue weighted by Crippen LogP contribution is 2.23. The third kappa shape index (κ3) is 3.78. The van der Waals surface area contributed by atoms with E-state index in [9.17, 15) is 14.7 Å². The lowest BCUT2D eigenvalue weighted by Crippen LogP contribution is -2.36. The largest absolute Gasteiger partial charge is 0.391 e. The van der Waals surface area contributed by atoms with Crippen molar-refractivity contribution in [3.63, 3.8) is 0 Å². The Balaban J connectivity index is 1.63. The van der Waals surface area contributed by atoms with Gasteiger partial charge < -0.3 is 10.0 Å². The molecule has 1 unspecified atom stereocenters. The van der Waals surface area contributed by atoms with Crippen LogP contribution in [0.2, 0.25) is 0 Å². The molecular formula is C21H24N2O3. The van der Waals surface area contributed by atoms with E-state index in [-0.39, 0.29) is 11.8 Å². The van der Waals surface area contributed by atoms with Crippen LogP contribution in [0.4, 0.5) is 5.69 Å². The van der Waals surface area contributed by atoms with E-state index >= 15 is 0 Å². The number of benzene rings is 2. The summed E-state index contributed by atoms with van der Waals surface area (Å²) >= 11 is 0. The molecule has 1 aliphatic rings. The van der Waals surface area contributed by atoms with Gasteiger partial charge in [-0.05, 0) is 37.1 Å². The van der Waals surface area contributed by atoms with Crippen molar-refractivity contribution in [2.24, 2.45) is 0 Å². The van der Waals surface area contributed by atoms with Gasteiger partial charge in [-0.3, -0.25) is 14.5 Å². The number of aliphatic hydroxyl groups excluding tert-OH is 1. The van der Waals surface area contributed by atoms with Crippen molar-refractivity contribution < 1.29 is 14.7 Å². The lowest BCUT2D eigenvalue weighted by atomic mass is 10.1. The quantitative estimate of drug-likeness (QED) is 0.742. The van der Waals surface area contributed by atoms with Gasteiger partial charge in [0.2, 0.25) is 0 Å². The van der Waals surface area contributed by atoms with Crippen LogP contribution in [-0.2, 0) is 0 Å². The maximum atomic E-state index is 12.4. The standard InChI is InChI=1S/C21H24N2O3/c1-2-17(24)15-22(16-9-4-3-5-10-16)13-8-14-23-20(25)18-11-6-7-12-19(18)21(23)26/h3-7,9-12,17,24H,2,8,13-15H2,1H3. The van der Waals surface area contributed by atoms with Gasteiger partial charge in [0, 0.05) is 25.3 Å². The van der Waals surface area contributed by atoms with Crippen molar-refractivity contribution in [2.75, 3.05) is 24.5 Å². The fourth-order valence-corrected chi connectivity index (χ4v) is 3.21. The maximum Gasteiger partial charge on any atom is 0.261 e. The van der Waals surface area contributed by atoms with Crippen LogP contribution in [0.15, 0.2) is 54.6 Å². The van der Waals surface area contributed by atoms with Crippen LogP contribution in [0.5, 0.6) is 0 Å². The summed E-state index contributed by atoms with van der Waals surface area (Å²) in [5.74, 6) is -0.434. The SMILES string of the molecule is CCC(O)CN(CCCN1C(=O)c2ccccc2C1=O)c1ccccc1. The van der Waals surface area contributed by atoms with E-state index in [0.717, 1.165) is 5.69 Å². The molecule has 0 spiro atoms. The number of para-hydroxylation sites is 1. The molecule has 0 fully saturated rings. The second kappa shape index (κ2) is 8.15. The first-order chi connectivity index (χ1) is 12.6. The number of rotatable bonds is 8. The van der Waals surface area contributed by atoms with Crippen molar-refractivity contribution in [3.05, 3.63) is 65.7 Å². The summed E-state index contributed by atoms with van der Waals surface area (Å²) in [6.45, 7) is 3.52. The number of carbonyl (C=O) groups excluding carboxylic acids is 2. The van der Waals surface area contributed by atoms with E-state index in [2.05, 4.69) is 4.90 Å². The van der Waals surface area contributed by atoms with Crippen LogP contribution >= 0.6 is 0 Å². The monoisotopic (exact) mass is 352 g/mol. The average molecular weight is 352 g/mol. The molecule has 1 N–H and O–H groups in total. The number of anilines is 1. The topological polar surface area (TPSA) is 60.9 Å². The van der Waals surface area contributed by atoms with E-state index in [1.54, 1.807) is 24.3 Å². The molecule has 2 amide bonds. The molecule has 0 bridgehead atoms. The first-order valence-corrected chi connectivity index (χ1v) is 9.05. The lowest BCUT2D eigenvalue weighted by Gasteiger charge is -2.27. The van der Waals surface area contributed by atoms with Gasteiger partial charge in [-0.25, -0.2) is 0 Å². The van der Waals surface area contributed by atoms with Gasteiger partial charge in [-0.2, -0.15) is 0 Å². The van der Waals surface area contributed by atoms with E-state index in [1.165, 1.54) is 4.90 Å². The molecular weight excluding hydrogens is 328 g/mol.